The van der Waals surface area contributed by atoms with Gasteiger partial charge in [0.25, 0.3) is 11.8 Å². The van der Waals surface area contributed by atoms with Crippen molar-refractivity contribution in [1.29, 1.82) is 0 Å². The molecule has 1 unspecified atom stereocenters. The first-order chi connectivity index (χ1) is 21.3. The molecule has 3 amide bonds. The molecule has 1 aromatic heterocycles. The average Bonchev–Trinajstić information content (AvgIpc) is 3.41. The fourth-order valence-electron chi connectivity index (χ4n) is 5.48. The van der Waals surface area contributed by atoms with E-state index in [2.05, 4.69) is 25.6 Å². The average molecular weight is 645 g/mol. The second kappa shape index (κ2) is 12.8. The highest BCUT2D eigenvalue weighted by Gasteiger charge is 2.37. The van der Waals surface area contributed by atoms with E-state index < -0.39 is 28.9 Å². The Bertz CT molecular complexity index is 1570. The van der Waals surface area contributed by atoms with Crippen molar-refractivity contribution in [2.45, 2.75) is 37.5 Å². The Morgan fingerprint density at radius 3 is 2.40 bits per heavy atom. The largest absolute Gasteiger partial charge is 0.389 e. The monoisotopic (exact) mass is 644 g/mol. The molecule has 0 bridgehead atoms. The number of carbonyl (C=O) groups is 3. The summed E-state index contributed by atoms with van der Waals surface area (Å²) in [5.41, 5.74) is -2.42. The van der Waals surface area contributed by atoms with Gasteiger partial charge in [0.15, 0.2) is 11.6 Å². The van der Waals surface area contributed by atoms with E-state index in [-0.39, 0.29) is 51.6 Å². The summed E-state index contributed by atoms with van der Waals surface area (Å²) in [6.07, 6.45) is 2.30. The number of halogens is 3. The van der Waals surface area contributed by atoms with Crippen LogP contribution in [0.25, 0.3) is 0 Å². The molecule has 0 aliphatic carbocycles. The highest BCUT2D eigenvalue weighted by molar-refractivity contribution is 6.40. The van der Waals surface area contributed by atoms with Gasteiger partial charge in [-0.2, -0.15) is 9.37 Å². The molecule has 1 atom stereocenters. The van der Waals surface area contributed by atoms with Gasteiger partial charge >= 0.3 is 0 Å². The number of amides is 3. The molecule has 240 valence electrons. The van der Waals surface area contributed by atoms with Crippen LogP contribution in [0.15, 0.2) is 34.3 Å². The molecule has 4 heterocycles. The number of rotatable bonds is 7. The number of nitrogens with one attached hydrogen (secondary N) is 2. The normalized spacial score (nSPS) is 21.0. The quantitative estimate of drug-likeness (QED) is 0.392. The van der Waals surface area contributed by atoms with Crippen molar-refractivity contribution in [2.75, 3.05) is 63.6 Å². The van der Waals surface area contributed by atoms with Gasteiger partial charge < -0.3 is 30.4 Å². The Balaban J connectivity index is 1.19. The van der Waals surface area contributed by atoms with Crippen LogP contribution in [0, 0.1) is 11.8 Å². The standard InChI is InChI=1S/C30H35ClF2N8O4/c1-29(35-17-23(38-29)20-15-22(32)26(39(2)3)37-25(20)33)28(44)36-18-4-5-19(21(31)14-18)27(43)41-12-10-40(11-13-41)24(42)16-30(45)6-8-34-9-7-30/h4-5,14-15,17,34,45H,6-13,16H2,1-3H3,(H,36,44). The minimum Gasteiger partial charge on any atom is -0.389 e. The lowest BCUT2D eigenvalue weighted by Gasteiger charge is -2.38. The van der Waals surface area contributed by atoms with E-state index in [0.717, 1.165) is 6.07 Å². The minimum absolute atomic E-state index is 0.0372. The first-order valence-electron chi connectivity index (χ1n) is 14.6. The van der Waals surface area contributed by atoms with Crippen LogP contribution >= 0.6 is 11.6 Å². The number of anilines is 2. The zero-order chi connectivity index (χ0) is 32.5. The molecule has 12 nitrogen and oxygen atoms in total. The summed E-state index contributed by atoms with van der Waals surface area (Å²) in [6.45, 7) is 4.08. The van der Waals surface area contributed by atoms with Crippen LogP contribution in [0.4, 0.5) is 20.3 Å². The summed E-state index contributed by atoms with van der Waals surface area (Å²) in [7, 11) is 3.06. The van der Waals surface area contributed by atoms with Crippen molar-refractivity contribution < 1.29 is 28.3 Å². The number of aromatic nitrogens is 1. The maximum Gasteiger partial charge on any atom is 0.274 e. The van der Waals surface area contributed by atoms with Gasteiger partial charge in [-0.15, -0.1) is 0 Å². The van der Waals surface area contributed by atoms with Crippen LogP contribution in [0.1, 0.15) is 42.1 Å². The molecule has 5 rings (SSSR count). The molecule has 0 saturated carbocycles. The first kappa shape index (κ1) is 32.4. The molecule has 1 aromatic carbocycles. The van der Waals surface area contributed by atoms with E-state index in [4.69, 9.17) is 11.6 Å². The van der Waals surface area contributed by atoms with Crippen molar-refractivity contribution in [1.82, 2.24) is 20.1 Å². The summed E-state index contributed by atoms with van der Waals surface area (Å²) in [5, 5.41) is 16.7. The number of aliphatic hydroxyl groups is 1. The smallest absolute Gasteiger partial charge is 0.274 e. The van der Waals surface area contributed by atoms with Gasteiger partial charge in [0, 0.05) is 46.0 Å². The number of pyridine rings is 1. The highest BCUT2D eigenvalue weighted by atomic mass is 35.5. The van der Waals surface area contributed by atoms with Gasteiger partial charge in [0.05, 0.1) is 40.1 Å². The topological polar surface area (TPSA) is 143 Å². The summed E-state index contributed by atoms with van der Waals surface area (Å²) in [4.78, 5) is 55.8. The molecule has 3 N–H and O–H groups in total. The molecule has 2 saturated heterocycles. The molecule has 15 heteroatoms. The fraction of sp³-hybridized carbons (Fsp3) is 0.467. The number of piperidine rings is 1. The number of hydrogen-bond acceptors (Lipinski definition) is 9. The Morgan fingerprint density at radius 1 is 1.09 bits per heavy atom. The summed E-state index contributed by atoms with van der Waals surface area (Å²) in [6, 6.07) is 5.40. The van der Waals surface area contributed by atoms with E-state index >= 15 is 0 Å². The Hall–Kier alpha value is -4.01. The molecule has 45 heavy (non-hydrogen) atoms. The van der Waals surface area contributed by atoms with Crippen molar-refractivity contribution in [3.05, 3.63) is 52.2 Å². The third kappa shape index (κ3) is 6.97. The number of nitrogens with zero attached hydrogens (tertiary/aromatic N) is 6. The molecule has 2 aromatic rings. The lowest BCUT2D eigenvalue weighted by molar-refractivity contribution is -0.139. The third-order valence-electron chi connectivity index (χ3n) is 8.21. The van der Waals surface area contributed by atoms with Crippen molar-refractivity contribution >= 4 is 52.8 Å². The number of carbonyl (C=O) groups excluding carboxylic acids is 3. The Labute approximate surface area is 264 Å². The SMILES string of the molecule is CN(C)c1nc(F)c(C2=NC(C)(C(=O)Nc3ccc(C(=O)N4CCN(C(=O)CC5(O)CCNCC5)CC4)c(Cl)c3)N=C2)cc1F. The summed E-state index contributed by atoms with van der Waals surface area (Å²) in [5.74, 6) is -2.97. The highest BCUT2D eigenvalue weighted by Crippen LogP contribution is 2.28. The summed E-state index contributed by atoms with van der Waals surface area (Å²) >= 11 is 6.45. The zero-order valence-corrected chi connectivity index (χ0v) is 26.0. The van der Waals surface area contributed by atoms with Gasteiger partial charge in [-0.25, -0.2) is 9.38 Å². The van der Waals surface area contributed by atoms with Crippen molar-refractivity contribution in [2.24, 2.45) is 9.98 Å². The maximum absolute atomic E-state index is 14.7. The Kier molecular flexibility index (Phi) is 9.19. The first-order valence-corrected chi connectivity index (χ1v) is 15.0. The van der Waals surface area contributed by atoms with Crippen LogP contribution in [0.5, 0.6) is 0 Å². The molecule has 2 fully saturated rings. The van der Waals surface area contributed by atoms with Crippen molar-refractivity contribution in [3.63, 3.8) is 0 Å². The number of hydrogen-bond donors (Lipinski definition) is 3. The van der Waals surface area contributed by atoms with Crippen LogP contribution in [-0.4, -0.2) is 114 Å². The Morgan fingerprint density at radius 2 is 1.76 bits per heavy atom. The summed E-state index contributed by atoms with van der Waals surface area (Å²) < 4.78 is 29.1. The van der Waals surface area contributed by atoms with E-state index in [1.54, 1.807) is 9.80 Å². The van der Waals surface area contributed by atoms with Crippen molar-refractivity contribution in [3.8, 4) is 0 Å². The van der Waals surface area contributed by atoms with Gasteiger partial charge in [-0.3, -0.25) is 19.4 Å². The predicted molar refractivity (Wildman–Crippen MR) is 166 cm³/mol. The lowest BCUT2D eigenvalue weighted by Crippen LogP contribution is -2.53. The molecular formula is C30H35ClF2N8O4. The fourth-order valence-corrected chi connectivity index (χ4v) is 5.74. The van der Waals surface area contributed by atoms with Crippen LogP contribution in [-0.2, 0) is 9.59 Å². The van der Waals surface area contributed by atoms with E-state index in [1.165, 1.54) is 50.3 Å². The molecule has 3 aliphatic heterocycles. The molecule has 0 spiro atoms. The van der Waals surface area contributed by atoms with Gasteiger partial charge in [-0.05, 0) is 57.1 Å². The van der Waals surface area contributed by atoms with Crippen LogP contribution in [0.2, 0.25) is 5.02 Å². The van der Waals surface area contributed by atoms with Gasteiger partial charge in [0.2, 0.25) is 17.5 Å². The molecule has 0 radical (unpaired) electrons. The molecule has 3 aliphatic rings. The van der Waals surface area contributed by atoms with Gasteiger partial charge in [-0.1, -0.05) is 11.6 Å². The number of aliphatic imine (C=N–C) groups is 2. The zero-order valence-electron chi connectivity index (χ0n) is 25.2. The predicted octanol–water partition coefficient (Wildman–Crippen LogP) is 2.10. The van der Waals surface area contributed by atoms with Gasteiger partial charge in [0.1, 0.15) is 0 Å². The van der Waals surface area contributed by atoms with E-state index in [9.17, 15) is 28.3 Å². The van der Waals surface area contributed by atoms with E-state index in [1.807, 2.05) is 0 Å². The minimum atomic E-state index is -1.67. The second-order valence-electron chi connectivity index (χ2n) is 11.8. The number of piperazine rings is 1. The lowest BCUT2D eigenvalue weighted by atomic mass is 9.88. The second-order valence-corrected chi connectivity index (χ2v) is 12.2. The van der Waals surface area contributed by atoms with Crippen LogP contribution in [0.3, 0.4) is 0 Å². The third-order valence-corrected chi connectivity index (χ3v) is 8.52. The molecular weight excluding hydrogens is 610 g/mol. The van der Waals surface area contributed by atoms with E-state index in [0.29, 0.717) is 52.1 Å². The number of benzene rings is 1. The maximum atomic E-state index is 14.7. The van der Waals surface area contributed by atoms with Crippen LogP contribution < -0.4 is 15.5 Å².